The molecule has 0 atom stereocenters. The van der Waals surface area contributed by atoms with Gasteiger partial charge in [-0.1, -0.05) is 43.7 Å². The van der Waals surface area contributed by atoms with Crippen LogP contribution in [0.4, 0.5) is 0 Å². The number of rotatable bonds is 4. The van der Waals surface area contributed by atoms with E-state index >= 15 is 0 Å². The van der Waals surface area contributed by atoms with Crippen LogP contribution in [-0.4, -0.2) is 0 Å². The standard InChI is InChI=1S/C11H18/c1-5-7-9-11(4)10(3)8-6-2/h6,8-9H,2,5,7H2,1,3-4H3/b10-8-,11-9-. The van der Waals surface area contributed by atoms with Crippen LogP contribution in [0.2, 0.25) is 0 Å². The minimum absolute atomic E-state index is 1.17. The van der Waals surface area contributed by atoms with Gasteiger partial charge in [0.2, 0.25) is 0 Å². The molecule has 0 aliphatic heterocycles. The van der Waals surface area contributed by atoms with Crippen LogP contribution in [0.1, 0.15) is 33.6 Å². The Morgan fingerprint density at radius 3 is 2.36 bits per heavy atom. The van der Waals surface area contributed by atoms with Gasteiger partial charge in [0.15, 0.2) is 0 Å². The maximum atomic E-state index is 3.66. The summed E-state index contributed by atoms with van der Waals surface area (Å²) in [5, 5.41) is 0. The van der Waals surface area contributed by atoms with E-state index in [0.717, 1.165) is 0 Å². The predicted octanol–water partition coefficient (Wildman–Crippen LogP) is 3.87. The van der Waals surface area contributed by atoms with Crippen molar-refractivity contribution in [2.24, 2.45) is 0 Å². The second-order valence-corrected chi connectivity index (χ2v) is 2.76. The van der Waals surface area contributed by atoms with Gasteiger partial charge >= 0.3 is 0 Å². The van der Waals surface area contributed by atoms with Gasteiger partial charge in [-0.2, -0.15) is 0 Å². The summed E-state index contributed by atoms with van der Waals surface area (Å²) >= 11 is 0. The molecule has 0 unspecified atom stereocenters. The first-order chi connectivity index (χ1) is 5.22. The summed E-state index contributed by atoms with van der Waals surface area (Å²) in [6.45, 7) is 10.1. The lowest BCUT2D eigenvalue weighted by atomic mass is 10.1. The third kappa shape index (κ3) is 4.60. The Kier molecular flexibility index (Phi) is 5.54. The Balaban J connectivity index is 4.10. The van der Waals surface area contributed by atoms with E-state index in [4.69, 9.17) is 0 Å². The van der Waals surface area contributed by atoms with Gasteiger partial charge in [-0.05, 0) is 25.8 Å². The fourth-order valence-corrected chi connectivity index (χ4v) is 0.830. The van der Waals surface area contributed by atoms with E-state index in [9.17, 15) is 0 Å². The monoisotopic (exact) mass is 150 g/mol. The van der Waals surface area contributed by atoms with Crippen molar-refractivity contribution >= 4 is 0 Å². The summed E-state index contributed by atoms with van der Waals surface area (Å²) in [4.78, 5) is 0. The second-order valence-electron chi connectivity index (χ2n) is 2.76. The molecule has 0 N–H and O–H groups in total. The van der Waals surface area contributed by atoms with Crippen LogP contribution >= 0.6 is 0 Å². The van der Waals surface area contributed by atoms with Crippen LogP contribution in [0.5, 0.6) is 0 Å². The molecular formula is C11H18. The van der Waals surface area contributed by atoms with Crippen LogP contribution in [0.25, 0.3) is 0 Å². The minimum Gasteiger partial charge on any atom is -0.0991 e. The molecule has 0 spiro atoms. The topological polar surface area (TPSA) is 0 Å². The molecule has 11 heavy (non-hydrogen) atoms. The average molecular weight is 150 g/mol. The van der Waals surface area contributed by atoms with Gasteiger partial charge in [0.1, 0.15) is 0 Å². The first kappa shape index (κ1) is 10.2. The van der Waals surface area contributed by atoms with Crippen LogP contribution in [0.15, 0.2) is 36.0 Å². The van der Waals surface area contributed by atoms with Crippen molar-refractivity contribution in [2.75, 3.05) is 0 Å². The Labute approximate surface area is 70.3 Å². The van der Waals surface area contributed by atoms with Crippen LogP contribution in [0.3, 0.4) is 0 Å². The lowest BCUT2D eigenvalue weighted by Crippen LogP contribution is -1.78. The SMILES string of the molecule is C=C/C=C(C)\C(C)=C/CCC. The summed E-state index contributed by atoms with van der Waals surface area (Å²) in [5.41, 5.74) is 2.68. The predicted molar refractivity (Wildman–Crippen MR) is 52.6 cm³/mol. The Morgan fingerprint density at radius 1 is 1.27 bits per heavy atom. The Bertz CT molecular complexity index is 170. The van der Waals surface area contributed by atoms with Gasteiger partial charge in [-0.15, -0.1) is 0 Å². The van der Waals surface area contributed by atoms with E-state index in [1.807, 2.05) is 12.2 Å². The smallest absolute Gasteiger partial charge is 0.0348 e. The average Bonchev–Trinajstić information content (AvgIpc) is 2.00. The van der Waals surface area contributed by atoms with Crippen molar-refractivity contribution in [2.45, 2.75) is 33.6 Å². The van der Waals surface area contributed by atoms with Gasteiger partial charge in [-0.3, -0.25) is 0 Å². The first-order valence-corrected chi connectivity index (χ1v) is 4.18. The molecule has 0 saturated heterocycles. The molecule has 0 heterocycles. The highest BCUT2D eigenvalue weighted by atomic mass is 13.9. The lowest BCUT2D eigenvalue weighted by Gasteiger charge is -1.98. The Morgan fingerprint density at radius 2 is 1.91 bits per heavy atom. The van der Waals surface area contributed by atoms with Crippen molar-refractivity contribution in [3.05, 3.63) is 36.0 Å². The van der Waals surface area contributed by atoms with E-state index in [1.165, 1.54) is 24.0 Å². The molecule has 0 radical (unpaired) electrons. The molecule has 0 fully saturated rings. The van der Waals surface area contributed by atoms with Crippen molar-refractivity contribution < 1.29 is 0 Å². The summed E-state index contributed by atoms with van der Waals surface area (Å²) in [7, 11) is 0. The van der Waals surface area contributed by atoms with Gasteiger partial charge in [0, 0.05) is 0 Å². The number of hydrogen-bond donors (Lipinski definition) is 0. The van der Waals surface area contributed by atoms with Crippen molar-refractivity contribution in [3.63, 3.8) is 0 Å². The molecule has 0 rings (SSSR count). The zero-order chi connectivity index (χ0) is 8.69. The van der Waals surface area contributed by atoms with Crippen molar-refractivity contribution in [1.82, 2.24) is 0 Å². The summed E-state index contributed by atoms with van der Waals surface area (Å²) in [6.07, 6.45) is 8.54. The molecule has 0 aromatic heterocycles. The van der Waals surface area contributed by atoms with Crippen LogP contribution in [-0.2, 0) is 0 Å². The molecule has 0 heteroatoms. The van der Waals surface area contributed by atoms with E-state index in [2.05, 4.69) is 33.4 Å². The normalized spacial score (nSPS) is 13.4. The second kappa shape index (κ2) is 5.96. The van der Waals surface area contributed by atoms with Gasteiger partial charge < -0.3 is 0 Å². The molecule has 0 amide bonds. The maximum absolute atomic E-state index is 3.66. The quantitative estimate of drug-likeness (QED) is 0.534. The molecule has 0 nitrogen and oxygen atoms in total. The Hall–Kier alpha value is -0.780. The van der Waals surface area contributed by atoms with Crippen LogP contribution < -0.4 is 0 Å². The van der Waals surface area contributed by atoms with Gasteiger partial charge in [-0.25, -0.2) is 0 Å². The fraction of sp³-hybridized carbons (Fsp3) is 0.455. The number of allylic oxidation sites excluding steroid dienone is 5. The van der Waals surface area contributed by atoms with Crippen molar-refractivity contribution in [3.8, 4) is 0 Å². The zero-order valence-electron chi connectivity index (χ0n) is 7.85. The molecule has 0 aliphatic carbocycles. The van der Waals surface area contributed by atoms with Gasteiger partial charge in [0.25, 0.3) is 0 Å². The molecular weight excluding hydrogens is 132 g/mol. The molecule has 0 bridgehead atoms. The zero-order valence-corrected chi connectivity index (χ0v) is 7.85. The highest BCUT2D eigenvalue weighted by Gasteiger charge is 1.88. The van der Waals surface area contributed by atoms with E-state index in [0.29, 0.717) is 0 Å². The summed E-state index contributed by atoms with van der Waals surface area (Å²) in [6, 6.07) is 0. The third-order valence-corrected chi connectivity index (χ3v) is 1.73. The maximum Gasteiger partial charge on any atom is -0.0348 e. The molecule has 0 saturated carbocycles. The van der Waals surface area contributed by atoms with Crippen LogP contribution in [0, 0.1) is 0 Å². The molecule has 62 valence electrons. The highest BCUT2D eigenvalue weighted by molar-refractivity contribution is 5.29. The van der Waals surface area contributed by atoms with E-state index < -0.39 is 0 Å². The van der Waals surface area contributed by atoms with Crippen molar-refractivity contribution in [1.29, 1.82) is 0 Å². The fourth-order valence-electron chi connectivity index (χ4n) is 0.830. The van der Waals surface area contributed by atoms with E-state index in [1.54, 1.807) is 0 Å². The summed E-state index contributed by atoms with van der Waals surface area (Å²) < 4.78 is 0. The first-order valence-electron chi connectivity index (χ1n) is 4.18. The van der Waals surface area contributed by atoms with Gasteiger partial charge in [0.05, 0.1) is 0 Å². The number of hydrogen-bond acceptors (Lipinski definition) is 0. The number of unbranched alkanes of at least 4 members (excludes halogenated alkanes) is 1. The minimum atomic E-state index is 1.17. The third-order valence-electron chi connectivity index (χ3n) is 1.73. The summed E-state index contributed by atoms with van der Waals surface area (Å²) in [5.74, 6) is 0. The highest BCUT2D eigenvalue weighted by Crippen LogP contribution is 2.09. The van der Waals surface area contributed by atoms with E-state index in [-0.39, 0.29) is 0 Å². The molecule has 0 aromatic carbocycles. The largest absolute Gasteiger partial charge is 0.0991 e. The lowest BCUT2D eigenvalue weighted by molar-refractivity contribution is 0.949. The molecule has 0 aromatic rings. The molecule has 0 aliphatic rings.